The van der Waals surface area contributed by atoms with Crippen molar-refractivity contribution in [2.45, 2.75) is 45.5 Å². The monoisotopic (exact) mass is 376 g/mol. The molecule has 2 heterocycles. The number of nitrogens with zero attached hydrogens (tertiary/aromatic N) is 2. The van der Waals surface area contributed by atoms with Crippen LogP contribution in [0, 0.1) is 10.1 Å². The first kappa shape index (κ1) is 19.3. The SMILES string of the molecule is CCOC(OCC)C1(C)C=C(N2CCCC2=O)c2cc([N+](=O)[O-])ccc2O1. The molecule has 1 amide bonds. The summed E-state index contributed by atoms with van der Waals surface area (Å²) >= 11 is 0. The summed E-state index contributed by atoms with van der Waals surface area (Å²) in [6.45, 7) is 6.99. The second-order valence-electron chi connectivity index (χ2n) is 6.64. The van der Waals surface area contributed by atoms with Gasteiger partial charge in [-0.05, 0) is 39.3 Å². The van der Waals surface area contributed by atoms with Crippen LogP contribution in [0.5, 0.6) is 5.75 Å². The van der Waals surface area contributed by atoms with Crippen LogP contribution < -0.4 is 4.74 Å². The molecular weight excluding hydrogens is 352 g/mol. The first-order chi connectivity index (χ1) is 12.9. The third-order valence-electron chi connectivity index (χ3n) is 4.67. The fourth-order valence-electron chi connectivity index (χ4n) is 3.46. The second kappa shape index (κ2) is 7.66. The standard InChI is InChI=1S/C19H24N2O6/c1-4-25-18(26-5-2)19(3)12-15(20-10-6-7-17(20)22)14-11-13(21(23)24)8-9-16(14)27-19/h8-9,11-12,18H,4-7,10H2,1-3H3. The van der Waals surface area contributed by atoms with Gasteiger partial charge >= 0.3 is 0 Å². The molecule has 0 bridgehead atoms. The molecule has 8 nitrogen and oxygen atoms in total. The van der Waals surface area contributed by atoms with Crippen LogP contribution in [0.25, 0.3) is 5.70 Å². The van der Waals surface area contributed by atoms with Gasteiger partial charge in [0.1, 0.15) is 5.75 Å². The Balaban J connectivity index is 2.11. The molecule has 1 saturated heterocycles. The van der Waals surface area contributed by atoms with Crippen molar-refractivity contribution in [1.82, 2.24) is 4.90 Å². The summed E-state index contributed by atoms with van der Waals surface area (Å²) in [5, 5.41) is 11.2. The smallest absolute Gasteiger partial charge is 0.270 e. The molecule has 0 spiro atoms. The number of likely N-dealkylation sites (tertiary alicyclic amines) is 1. The lowest BCUT2D eigenvalue weighted by Crippen LogP contribution is -2.49. The molecular formula is C19H24N2O6. The Morgan fingerprint density at radius 3 is 2.59 bits per heavy atom. The fraction of sp³-hybridized carbons (Fsp3) is 0.526. The van der Waals surface area contributed by atoms with Crippen LogP contribution in [0.1, 0.15) is 39.2 Å². The second-order valence-corrected chi connectivity index (χ2v) is 6.64. The summed E-state index contributed by atoms with van der Waals surface area (Å²) in [5.74, 6) is 0.456. The third kappa shape index (κ3) is 3.68. The van der Waals surface area contributed by atoms with Crippen LogP contribution >= 0.6 is 0 Å². The molecule has 1 atom stereocenters. The van der Waals surface area contributed by atoms with Gasteiger partial charge < -0.3 is 19.1 Å². The summed E-state index contributed by atoms with van der Waals surface area (Å²) in [6, 6.07) is 4.40. The predicted octanol–water partition coefficient (Wildman–Crippen LogP) is 3.11. The normalized spacial score (nSPS) is 21.9. The molecule has 2 aliphatic heterocycles. The molecule has 3 rings (SSSR count). The number of hydrogen-bond donors (Lipinski definition) is 0. The highest BCUT2D eigenvalue weighted by molar-refractivity contribution is 5.90. The fourth-order valence-corrected chi connectivity index (χ4v) is 3.46. The minimum atomic E-state index is -0.979. The molecule has 0 saturated carbocycles. The van der Waals surface area contributed by atoms with Gasteiger partial charge in [0, 0.05) is 43.9 Å². The van der Waals surface area contributed by atoms with E-state index >= 15 is 0 Å². The lowest BCUT2D eigenvalue weighted by molar-refractivity contribution is -0.384. The predicted molar refractivity (Wildman–Crippen MR) is 98.1 cm³/mol. The van der Waals surface area contributed by atoms with Crippen molar-refractivity contribution in [2.24, 2.45) is 0 Å². The average molecular weight is 376 g/mol. The maximum atomic E-state index is 12.4. The van der Waals surface area contributed by atoms with Crippen LogP contribution in [0.4, 0.5) is 5.69 Å². The minimum Gasteiger partial charge on any atom is -0.477 e. The van der Waals surface area contributed by atoms with Crippen molar-refractivity contribution in [3.8, 4) is 5.75 Å². The van der Waals surface area contributed by atoms with Crippen molar-refractivity contribution in [2.75, 3.05) is 19.8 Å². The van der Waals surface area contributed by atoms with E-state index in [1.54, 1.807) is 17.0 Å². The van der Waals surface area contributed by atoms with Crippen molar-refractivity contribution < 1.29 is 23.9 Å². The van der Waals surface area contributed by atoms with E-state index in [9.17, 15) is 14.9 Å². The van der Waals surface area contributed by atoms with Crippen molar-refractivity contribution >= 4 is 17.3 Å². The van der Waals surface area contributed by atoms with Crippen molar-refractivity contribution in [3.63, 3.8) is 0 Å². The zero-order chi connectivity index (χ0) is 19.6. The number of fused-ring (bicyclic) bond motifs is 1. The molecule has 8 heteroatoms. The molecule has 0 N–H and O–H groups in total. The van der Waals surface area contributed by atoms with E-state index < -0.39 is 16.8 Å². The Hall–Kier alpha value is -2.45. The summed E-state index contributed by atoms with van der Waals surface area (Å²) in [5.41, 5.74) is 0.107. The number of hydrogen-bond acceptors (Lipinski definition) is 6. The Labute approximate surface area is 157 Å². The number of benzene rings is 1. The first-order valence-electron chi connectivity index (χ1n) is 9.14. The Morgan fingerprint density at radius 1 is 1.33 bits per heavy atom. The van der Waals surface area contributed by atoms with Gasteiger partial charge in [0.2, 0.25) is 12.2 Å². The molecule has 27 heavy (non-hydrogen) atoms. The average Bonchev–Trinajstić information content (AvgIpc) is 3.06. The summed E-state index contributed by atoms with van der Waals surface area (Å²) in [4.78, 5) is 24.8. The minimum absolute atomic E-state index is 0.00711. The van der Waals surface area contributed by atoms with E-state index in [0.717, 1.165) is 6.42 Å². The Kier molecular flexibility index (Phi) is 5.48. The summed E-state index contributed by atoms with van der Waals surface area (Å²) in [7, 11) is 0. The van der Waals surface area contributed by atoms with Crippen LogP contribution in [0.3, 0.4) is 0 Å². The lowest BCUT2D eigenvalue weighted by Gasteiger charge is -2.40. The first-order valence-corrected chi connectivity index (χ1v) is 9.14. The van der Waals surface area contributed by atoms with E-state index in [-0.39, 0.29) is 11.6 Å². The van der Waals surface area contributed by atoms with Gasteiger partial charge in [-0.15, -0.1) is 0 Å². The van der Waals surface area contributed by atoms with E-state index in [2.05, 4.69) is 0 Å². The molecule has 0 aromatic heterocycles. The number of non-ortho nitro benzene ring substituents is 1. The van der Waals surface area contributed by atoms with Crippen molar-refractivity contribution in [3.05, 3.63) is 40.0 Å². The summed E-state index contributed by atoms with van der Waals surface area (Å²) in [6.07, 6.45) is 2.32. The Morgan fingerprint density at radius 2 is 2.04 bits per heavy atom. The Bertz CT molecular complexity index is 771. The van der Waals surface area contributed by atoms with Gasteiger partial charge in [0.05, 0.1) is 10.6 Å². The van der Waals surface area contributed by atoms with Gasteiger partial charge in [0.25, 0.3) is 5.69 Å². The molecule has 1 fully saturated rings. The van der Waals surface area contributed by atoms with E-state index in [0.29, 0.717) is 43.2 Å². The molecule has 1 aromatic carbocycles. The maximum Gasteiger partial charge on any atom is 0.270 e. The lowest BCUT2D eigenvalue weighted by atomic mass is 9.95. The topological polar surface area (TPSA) is 91.1 Å². The highest BCUT2D eigenvalue weighted by Gasteiger charge is 2.43. The van der Waals surface area contributed by atoms with Gasteiger partial charge in [-0.25, -0.2) is 0 Å². The maximum absolute atomic E-state index is 12.4. The number of carbonyl (C=O) groups is 1. The van der Waals surface area contributed by atoms with Crippen molar-refractivity contribution in [1.29, 1.82) is 0 Å². The molecule has 0 radical (unpaired) electrons. The van der Waals surface area contributed by atoms with Gasteiger partial charge in [-0.1, -0.05) is 0 Å². The van der Waals surface area contributed by atoms with Crippen LogP contribution in [0.15, 0.2) is 24.3 Å². The van der Waals surface area contributed by atoms with Gasteiger partial charge in [-0.3, -0.25) is 14.9 Å². The van der Waals surface area contributed by atoms with Gasteiger partial charge in [-0.2, -0.15) is 0 Å². The van der Waals surface area contributed by atoms with Crippen LogP contribution in [0.2, 0.25) is 0 Å². The number of amides is 1. The van der Waals surface area contributed by atoms with Crippen LogP contribution in [-0.4, -0.2) is 47.4 Å². The van der Waals surface area contributed by atoms with E-state index in [1.165, 1.54) is 12.1 Å². The van der Waals surface area contributed by atoms with Gasteiger partial charge in [0.15, 0.2) is 5.60 Å². The highest BCUT2D eigenvalue weighted by Crippen LogP contribution is 2.42. The molecule has 2 aliphatic rings. The van der Waals surface area contributed by atoms with Crippen LogP contribution in [-0.2, 0) is 14.3 Å². The summed E-state index contributed by atoms with van der Waals surface area (Å²) < 4.78 is 17.6. The highest BCUT2D eigenvalue weighted by atomic mass is 16.7. The molecule has 1 unspecified atom stereocenters. The number of ether oxygens (including phenoxy) is 3. The molecule has 146 valence electrons. The quantitative estimate of drug-likeness (QED) is 0.412. The molecule has 1 aromatic rings. The number of carbonyl (C=O) groups excluding carboxylic acids is 1. The molecule has 0 aliphatic carbocycles. The largest absolute Gasteiger partial charge is 0.477 e. The van der Waals surface area contributed by atoms with E-state index in [1.807, 2.05) is 20.8 Å². The third-order valence-corrected chi connectivity index (χ3v) is 4.67. The zero-order valence-corrected chi connectivity index (χ0v) is 15.8. The number of rotatable bonds is 7. The number of nitro benzene ring substituents is 1. The zero-order valence-electron chi connectivity index (χ0n) is 15.8. The van der Waals surface area contributed by atoms with E-state index in [4.69, 9.17) is 14.2 Å². The number of nitro groups is 1.